The lowest BCUT2D eigenvalue weighted by Crippen LogP contribution is -2.14. The van der Waals surface area contributed by atoms with Crippen molar-refractivity contribution in [1.82, 2.24) is 0 Å². The SMILES string of the molecule is COC1C=CC(C(C)C)=C(O)C1. The molecule has 0 aliphatic heterocycles. The van der Waals surface area contributed by atoms with Crippen LogP contribution in [0.5, 0.6) is 0 Å². The van der Waals surface area contributed by atoms with E-state index >= 15 is 0 Å². The normalized spacial score (nSPS) is 23.8. The summed E-state index contributed by atoms with van der Waals surface area (Å²) >= 11 is 0. The molecule has 1 aliphatic carbocycles. The van der Waals surface area contributed by atoms with Gasteiger partial charge >= 0.3 is 0 Å². The Labute approximate surface area is 73.5 Å². The molecule has 0 heterocycles. The van der Waals surface area contributed by atoms with Crippen LogP contribution in [0, 0.1) is 5.92 Å². The predicted octanol–water partition coefficient (Wildman–Crippen LogP) is 2.43. The van der Waals surface area contributed by atoms with E-state index in [2.05, 4.69) is 13.8 Å². The van der Waals surface area contributed by atoms with Gasteiger partial charge in [0.15, 0.2) is 0 Å². The molecule has 0 saturated heterocycles. The van der Waals surface area contributed by atoms with Crippen molar-refractivity contribution in [3.05, 3.63) is 23.5 Å². The van der Waals surface area contributed by atoms with E-state index in [9.17, 15) is 5.11 Å². The minimum Gasteiger partial charge on any atom is -0.512 e. The maximum Gasteiger partial charge on any atom is 0.0986 e. The molecule has 0 saturated carbocycles. The smallest absolute Gasteiger partial charge is 0.0986 e. The van der Waals surface area contributed by atoms with E-state index in [1.54, 1.807) is 7.11 Å². The number of aliphatic hydroxyl groups is 1. The fraction of sp³-hybridized carbons (Fsp3) is 0.600. The Kier molecular flexibility index (Phi) is 2.93. The van der Waals surface area contributed by atoms with Crippen LogP contribution in [0.1, 0.15) is 20.3 Å². The summed E-state index contributed by atoms with van der Waals surface area (Å²) in [4.78, 5) is 0. The highest BCUT2D eigenvalue weighted by atomic mass is 16.5. The molecule has 1 atom stereocenters. The van der Waals surface area contributed by atoms with E-state index in [1.165, 1.54) is 0 Å². The second-order valence-corrected chi connectivity index (χ2v) is 3.39. The standard InChI is InChI=1S/C10H16O2/c1-7(2)9-5-4-8(12-3)6-10(9)11/h4-5,7-8,11H,6H2,1-3H3. The molecular formula is C10H16O2. The Morgan fingerprint density at radius 1 is 1.58 bits per heavy atom. The van der Waals surface area contributed by atoms with Crippen LogP contribution in [-0.4, -0.2) is 18.3 Å². The van der Waals surface area contributed by atoms with Gasteiger partial charge in [0, 0.05) is 13.5 Å². The van der Waals surface area contributed by atoms with E-state index in [4.69, 9.17) is 4.74 Å². The van der Waals surface area contributed by atoms with Crippen LogP contribution >= 0.6 is 0 Å². The Morgan fingerprint density at radius 2 is 2.25 bits per heavy atom. The first-order chi connectivity index (χ1) is 5.65. The molecule has 0 bridgehead atoms. The summed E-state index contributed by atoms with van der Waals surface area (Å²) in [6, 6.07) is 0. The largest absolute Gasteiger partial charge is 0.512 e. The van der Waals surface area contributed by atoms with Gasteiger partial charge in [0.05, 0.1) is 11.9 Å². The van der Waals surface area contributed by atoms with Gasteiger partial charge in [-0.1, -0.05) is 26.0 Å². The molecule has 2 heteroatoms. The molecular weight excluding hydrogens is 152 g/mol. The average molecular weight is 168 g/mol. The molecule has 0 spiro atoms. The number of rotatable bonds is 2. The van der Waals surface area contributed by atoms with Crippen molar-refractivity contribution in [3.63, 3.8) is 0 Å². The molecule has 12 heavy (non-hydrogen) atoms. The average Bonchev–Trinajstić information content (AvgIpc) is 2.03. The van der Waals surface area contributed by atoms with Gasteiger partial charge in [-0.3, -0.25) is 0 Å². The van der Waals surface area contributed by atoms with Crippen LogP contribution in [-0.2, 0) is 4.74 Å². The zero-order valence-corrected chi connectivity index (χ0v) is 7.87. The topological polar surface area (TPSA) is 29.5 Å². The van der Waals surface area contributed by atoms with Crippen molar-refractivity contribution >= 4 is 0 Å². The van der Waals surface area contributed by atoms with Crippen LogP contribution in [0.25, 0.3) is 0 Å². The minimum atomic E-state index is 0.0486. The van der Waals surface area contributed by atoms with Gasteiger partial charge < -0.3 is 9.84 Å². The van der Waals surface area contributed by atoms with Gasteiger partial charge in [0.25, 0.3) is 0 Å². The number of aliphatic hydroxyl groups excluding tert-OH is 1. The lowest BCUT2D eigenvalue weighted by atomic mass is 9.94. The monoisotopic (exact) mass is 168 g/mol. The zero-order chi connectivity index (χ0) is 9.14. The molecule has 0 amide bonds. The third-order valence-electron chi connectivity index (χ3n) is 2.14. The van der Waals surface area contributed by atoms with Gasteiger partial charge in [0.1, 0.15) is 0 Å². The second kappa shape index (κ2) is 3.76. The molecule has 1 N–H and O–H groups in total. The van der Waals surface area contributed by atoms with Crippen molar-refractivity contribution in [2.45, 2.75) is 26.4 Å². The van der Waals surface area contributed by atoms with Crippen LogP contribution < -0.4 is 0 Å². The highest BCUT2D eigenvalue weighted by Crippen LogP contribution is 2.24. The number of hydrogen-bond donors (Lipinski definition) is 1. The van der Waals surface area contributed by atoms with Crippen LogP contribution in [0.4, 0.5) is 0 Å². The first kappa shape index (κ1) is 9.33. The third-order valence-corrected chi connectivity index (χ3v) is 2.14. The maximum atomic E-state index is 9.59. The van der Waals surface area contributed by atoms with E-state index in [0.717, 1.165) is 5.57 Å². The van der Waals surface area contributed by atoms with E-state index < -0.39 is 0 Å². The van der Waals surface area contributed by atoms with Gasteiger partial charge in [-0.2, -0.15) is 0 Å². The summed E-state index contributed by atoms with van der Waals surface area (Å²) in [7, 11) is 1.66. The van der Waals surface area contributed by atoms with E-state index in [0.29, 0.717) is 18.1 Å². The summed E-state index contributed by atoms with van der Waals surface area (Å²) in [6.07, 6.45) is 4.61. The van der Waals surface area contributed by atoms with Crippen LogP contribution in [0.3, 0.4) is 0 Å². The number of hydrogen-bond acceptors (Lipinski definition) is 2. The van der Waals surface area contributed by atoms with Gasteiger partial charge in [-0.15, -0.1) is 0 Å². The molecule has 0 aromatic rings. The summed E-state index contributed by atoms with van der Waals surface area (Å²) in [5, 5.41) is 9.59. The molecule has 1 rings (SSSR count). The third kappa shape index (κ3) is 1.89. The highest BCUT2D eigenvalue weighted by Gasteiger charge is 2.16. The van der Waals surface area contributed by atoms with Crippen molar-refractivity contribution in [3.8, 4) is 0 Å². The van der Waals surface area contributed by atoms with Gasteiger partial charge in [-0.25, -0.2) is 0 Å². The fourth-order valence-corrected chi connectivity index (χ4v) is 1.37. The highest BCUT2D eigenvalue weighted by molar-refractivity contribution is 5.29. The Hall–Kier alpha value is -0.760. The molecule has 0 radical (unpaired) electrons. The van der Waals surface area contributed by atoms with Crippen molar-refractivity contribution < 1.29 is 9.84 Å². The molecule has 2 nitrogen and oxygen atoms in total. The van der Waals surface area contributed by atoms with Gasteiger partial charge in [-0.05, 0) is 11.5 Å². The van der Waals surface area contributed by atoms with Crippen molar-refractivity contribution in [2.24, 2.45) is 5.92 Å². The van der Waals surface area contributed by atoms with Crippen LogP contribution in [0.15, 0.2) is 23.5 Å². The Bertz CT molecular complexity index is 214. The number of ether oxygens (including phenoxy) is 1. The van der Waals surface area contributed by atoms with Gasteiger partial charge in [0.2, 0.25) is 0 Å². The molecule has 0 fully saturated rings. The van der Waals surface area contributed by atoms with E-state index in [1.807, 2.05) is 12.2 Å². The summed E-state index contributed by atoms with van der Waals surface area (Å²) in [6.45, 7) is 4.14. The first-order valence-electron chi connectivity index (χ1n) is 4.28. The van der Waals surface area contributed by atoms with E-state index in [-0.39, 0.29) is 6.10 Å². The Morgan fingerprint density at radius 3 is 2.67 bits per heavy atom. The molecule has 0 aromatic carbocycles. The summed E-state index contributed by atoms with van der Waals surface area (Å²) in [5.41, 5.74) is 1.03. The first-order valence-corrected chi connectivity index (χ1v) is 4.28. The molecule has 1 aliphatic rings. The lowest BCUT2D eigenvalue weighted by Gasteiger charge is -2.19. The van der Waals surface area contributed by atoms with Crippen molar-refractivity contribution in [2.75, 3.05) is 7.11 Å². The lowest BCUT2D eigenvalue weighted by molar-refractivity contribution is 0.127. The molecule has 1 unspecified atom stereocenters. The molecule has 0 aromatic heterocycles. The predicted molar refractivity (Wildman–Crippen MR) is 49.0 cm³/mol. The quantitative estimate of drug-likeness (QED) is 0.686. The second-order valence-electron chi connectivity index (χ2n) is 3.39. The summed E-state index contributed by atoms with van der Waals surface area (Å²) in [5.74, 6) is 0.860. The van der Waals surface area contributed by atoms with Crippen molar-refractivity contribution in [1.29, 1.82) is 0 Å². The summed E-state index contributed by atoms with van der Waals surface area (Å²) < 4.78 is 5.11. The maximum absolute atomic E-state index is 9.59. The zero-order valence-electron chi connectivity index (χ0n) is 7.87. The minimum absolute atomic E-state index is 0.0486. The fourth-order valence-electron chi connectivity index (χ4n) is 1.37. The number of allylic oxidation sites excluding steroid dienone is 2. The van der Waals surface area contributed by atoms with Crippen LogP contribution in [0.2, 0.25) is 0 Å². The number of methoxy groups -OCH3 is 1. The Balaban J connectivity index is 2.73. The molecule has 68 valence electrons.